The average molecular weight is 206 g/mol. The van der Waals surface area contributed by atoms with E-state index in [-0.39, 0.29) is 5.82 Å². The highest BCUT2D eigenvalue weighted by atomic mass is 19.1. The largest absolute Gasteiger partial charge is 0.360 e. The van der Waals surface area contributed by atoms with E-state index >= 15 is 0 Å². The highest BCUT2D eigenvalue weighted by Crippen LogP contribution is 2.12. The summed E-state index contributed by atoms with van der Waals surface area (Å²) >= 11 is 0. The smallest absolute Gasteiger partial charge is 0.126 e. The quantitative estimate of drug-likeness (QED) is 0.808. The minimum atomic E-state index is -0.136. The van der Waals surface area contributed by atoms with Gasteiger partial charge in [0, 0.05) is 19.5 Å². The molecule has 0 amide bonds. The maximum Gasteiger partial charge on any atom is 0.126 e. The molecule has 1 aromatic carbocycles. The van der Waals surface area contributed by atoms with Gasteiger partial charge >= 0.3 is 0 Å². The first kappa shape index (κ1) is 10.1. The molecule has 0 saturated carbocycles. The van der Waals surface area contributed by atoms with E-state index in [1.54, 1.807) is 6.07 Å². The predicted octanol–water partition coefficient (Wildman–Crippen LogP) is 2.44. The summed E-state index contributed by atoms with van der Waals surface area (Å²) in [5, 5.41) is 7.66. The zero-order chi connectivity index (χ0) is 10.7. The zero-order valence-electron chi connectivity index (χ0n) is 8.67. The molecule has 0 aliphatic carbocycles. The van der Waals surface area contributed by atoms with Crippen molar-refractivity contribution in [3.63, 3.8) is 0 Å². The molecule has 1 N–H and O–H groups in total. The van der Waals surface area contributed by atoms with Crippen molar-refractivity contribution < 1.29 is 4.39 Å². The van der Waals surface area contributed by atoms with E-state index in [1.807, 2.05) is 17.0 Å². The normalized spacial score (nSPS) is 16.1. The molecule has 1 aliphatic heterocycles. The van der Waals surface area contributed by atoms with Crippen LogP contribution in [0.25, 0.3) is 0 Å². The van der Waals surface area contributed by atoms with Crippen LogP contribution < -0.4 is 0 Å². The van der Waals surface area contributed by atoms with E-state index in [9.17, 15) is 4.39 Å². The van der Waals surface area contributed by atoms with Gasteiger partial charge in [0.1, 0.15) is 5.82 Å². The highest BCUT2D eigenvalue weighted by Gasteiger charge is 2.16. The molecule has 0 atom stereocenters. The van der Waals surface area contributed by atoms with Crippen LogP contribution in [0.5, 0.6) is 0 Å². The van der Waals surface area contributed by atoms with Crippen molar-refractivity contribution in [2.24, 2.45) is 0 Å². The fourth-order valence-corrected chi connectivity index (χ4v) is 1.93. The Morgan fingerprint density at radius 1 is 1.33 bits per heavy atom. The van der Waals surface area contributed by atoms with Gasteiger partial charge in [-0.05, 0) is 24.5 Å². The molecule has 80 valence electrons. The first-order chi connectivity index (χ1) is 7.27. The zero-order valence-corrected chi connectivity index (χ0v) is 8.67. The lowest BCUT2D eigenvalue weighted by molar-refractivity contribution is 0.450. The maximum absolute atomic E-state index is 13.3. The van der Waals surface area contributed by atoms with E-state index in [0.29, 0.717) is 12.3 Å². The molecule has 0 aromatic heterocycles. The molecule has 0 radical (unpaired) electrons. The third-order valence-corrected chi connectivity index (χ3v) is 2.83. The fraction of sp³-hybridized carbons (Fsp3) is 0.417. The molecule has 1 fully saturated rings. The van der Waals surface area contributed by atoms with E-state index in [1.165, 1.54) is 6.07 Å². The third kappa shape index (κ3) is 2.35. The van der Waals surface area contributed by atoms with Crippen molar-refractivity contribution in [1.82, 2.24) is 4.90 Å². The Hall–Kier alpha value is -1.38. The second-order valence-electron chi connectivity index (χ2n) is 3.88. The number of amidine groups is 1. The van der Waals surface area contributed by atoms with Crippen molar-refractivity contribution in [3.8, 4) is 0 Å². The van der Waals surface area contributed by atoms with Crippen LogP contribution in [0.1, 0.15) is 18.4 Å². The number of likely N-dealkylation sites (tertiary alicyclic amines) is 1. The monoisotopic (exact) mass is 206 g/mol. The van der Waals surface area contributed by atoms with Crippen molar-refractivity contribution in [2.45, 2.75) is 19.3 Å². The molecule has 0 spiro atoms. The molecule has 0 bridgehead atoms. The van der Waals surface area contributed by atoms with Crippen LogP contribution >= 0.6 is 0 Å². The van der Waals surface area contributed by atoms with E-state index in [4.69, 9.17) is 5.41 Å². The molecule has 3 heteroatoms. The Balaban J connectivity index is 1.93. The Labute approximate surface area is 89.2 Å². The number of halogens is 1. The van der Waals surface area contributed by atoms with Crippen LogP contribution in [0.3, 0.4) is 0 Å². The van der Waals surface area contributed by atoms with Crippen molar-refractivity contribution in [3.05, 3.63) is 35.6 Å². The summed E-state index contributed by atoms with van der Waals surface area (Å²) in [7, 11) is 0. The number of hydrogen-bond donors (Lipinski definition) is 1. The number of hydrogen-bond acceptors (Lipinski definition) is 1. The first-order valence-electron chi connectivity index (χ1n) is 5.33. The van der Waals surface area contributed by atoms with Gasteiger partial charge in [0.15, 0.2) is 0 Å². The molecule has 0 unspecified atom stereocenters. The van der Waals surface area contributed by atoms with Gasteiger partial charge in [-0.2, -0.15) is 0 Å². The SMILES string of the molecule is N=C1CCCN1CCc1ccccc1F. The minimum absolute atomic E-state index is 0.136. The minimum Gasteiger partial charge on any atom is -0.360 e. The summed E-state index contributed by atoms with van der Waals surface area (Å²) in [5.74, 6) is 0.564. The van der Waals surface area contributed by atoms with Crippen LogP contribution in [0, 0.1) is 11.2 Å². The van der Waals surface area contributed by atoms with Gasteiger partial charge in [-0.3, -0.25) is 5.41 Å². The Morgan fingerprint density at radius 2 is 2.13 bits per heavy atom. The molecule has 1 aliphatic rings. The van der Waals surface area contributed by atoms with Crippen LogP contribution in [-0.4, -0.2) is 23.8 Å². The van der Waals surface area contributed by atoms with E-state index in [2.05, 4.69) is 0 Å². The van der Waals surface area contributed by atoms with Crippen molar-refractivity contribution >= 4 is 5.84 Å². The van der Waals surface area contributed by atoms with Crippen molar-refractivity contribution in [2.75, 3.05) is 13.1 Å². The van der Waals surface area contributed by atoms with Gasteiger partial charge in [-0.1, -0.05) is 18.2 Å². The summed E-state index contributed by atoms with van der Waals surface area (Å²) in [5.41, 5.74) is 0.747. The second kappa shape index (κ2) is 4.43. The number of benzene rings is 1. The van der Waals surface area contributed by atoms with Crippen LogP contribution in [0.2, 0.25) is 0 Å². The predicted molar refractivity (Wildman–Crippen MR) is 58.6 cm³/mol. The first-order valence-corrected chi connectivity index (χ1v) is 5.33. The van der Waals surface area contributed by atoms with E-state index in [0.717, 1.165) is 31.5 Å². The van der Waals surface area contributed by atoms with Crippen LogP contribution in [0.15, 0.2) is 24.3 Å². The lowest BCUT2D eigenvalue weighted by Gasteiger charge is -2.17. The standard InChI is InChI=1S/C12H15FN2/c13-11-5-2-1-4-10(11)7-9-15-8-3-6-12(15)14/h1-2,4-5,14H,3,6-9H2. The lowest BCUT2D eigenvalue weighted by atomic mass is 10.1. The molecule has 1 saturated heterocycles. The Kier molecular flexibility index (Phi) is 2.99. The lowest BCUT2D eigenvalue weighted by Crippen LogP contribution is -2.26. The van der Waals surface area contributed by atoms with Gasteiger partial charge in [0.25, 0.3) is 0 Å². The van der Waals surface area contributed by atoms with Crippen molar-refractivity contribution in [1.29, 1.82) is 5.41 Å². The number of nitrogens with one attached hydrogen (secondary N) is 1. The topological polar surface area (TPSA) is 27.1 Å². The molecule has 1 aromatic rings. The van der Waals surface area contributed by atoms with Gasteiger partial charge in [0.2, 0.25) is 0 Å². The molecule has 1 heterocycles. The number of rotatable bonds is 3. The molecule has 15 heavy (non-hydrogen) atoms. The second-order valence-corrected chi connectivity index (χ2v) is 3.88. The number of nitrogens with zero attached hydrogens (tertiary/aromatic N) is 1. The molecular formula is C12H15FN2. The van der Waals surface area contributed by atoms with Crippen LogP contribution in [-0.2, 0) is 6.42 Å². The van der Waals surface area contributed by atoms with Gasteiger partial charge < -0.3 is 4.90 Å². The molecular weight excluding hydrogens is 191 g/mol. The van der Waals surface area contributed by atoms with E-state index < -0.39 is 0 Å². The summed E-state index contributed by atoms with van der Waals surface area (Å²) < 4.78 is 13.3. The summed E-state index contributed by atoms with van der Waals surface area (Å²) in [4.78, 5) is 2.03. The summed E-state index contributed by atoms with van der Waals surface area (Å²) in [6, 6.07) is 6.87. The fourth-order valence-electron chi connectivity index (χ4n) is 1.93. The van der Waals surface area contributed by atoms with Gasteiger partial charge in [-0.15, -0.1) is 0 Å². The summed E-state index contributed by atoms with van der Waals surface area (Å²) in [6.07, 6.45) is 2.63. The third-order valence-electron chi connectivity index (χ3n) is 2.83. The summed E-state index contributed by atoms with van der Waals surface area (Å²) in [6.45, 7) is 1.72. The van der Waals surface area contributed by atoms with Gasteiger partial charge in [-0.25, -0.2) is 4.39 Å². The molecule has 2 rings (SSSR count). The van der Waals surface area contributed by atoms with Gasteiger partial charge in [0.05, 0.1) is 5.84 Å². The van der Waals surface area contributed by atoms with Crippen LogP contribution in [0.4, 0.5) is 4.39 Å². The average Bonchev–Trinajstić information content (AvgIpc) is 2.63. The maximum atomic E-state index is 13.3. The molecule has 2 nitrogen and oxygen atoms in total. The Bertz CT molecular complexity index is 362. The Morgan fingerprint density at radius 3 is 2.80 bits per heavy atom. The highest BCUT2D eigenvalue weighted by molar-refractivity contribution is 5.80.